The van der Waals surface area contributed by atoms with Gasteiger partial charge < -0.3 is 10.3 Å². The van der Waals surface area contributed by atoms with E-state index in [4.69, 9.17) is 10.3 Å². The van der Waals surface area contributed by atoms with Crippen LogP contribution in [0.15, 0.2) is 10.6 Å². The van der Waals surface area contributed by atoms with Crippen molar-refractivity contribution in [2.45, 2.75) is 26.3 Å². The van der Waals surface area contributed by atoms with Gasteiger partial charge in [-0.2, -0.15) is 0 Å². The molecule has 0 aromatic carbocycles. The average molecular weight is 223 g/mol. The van der Waals surface area contributed by atoms with Gasteiger partial charge in [0, 0.05) is 12.6 Å². The van der Waals surface area contributed by atoms with Gasteiger partial charge in [0.2, 0.25) is 0 Å². The molecule has 1 amide bonds. The first-order valence-corrected chi connectivity index (χ1v) is 5.63. The molecule has 2 heterocycles. The summed E-state index contributed by atoms with van der Waals surface area (Å²) in [5.74, 6) is 0.900. The van der Waals surface area contributed by atoms with E-state index >= 15 is 0 Å². The predicted molar refractivity (Wildman–Crippen MR) is 58.7 cm³/mol. The van der Waals surface area contributed by atoms with Crippen LogP contribution in [0.4, 0.5) is 0 Å². The summed E-state index contributed by atoms with van der Waals surface area (Å²) in [6, 6.07) is 1.63. The Morgan fingerprint density at radius 2 is 2.56 bits per heavy atom. The maximum absolute atomic E-state index is 10.8. The van der Waals surface area contributed by atoms with Crippen molar-refractivity contribution in [3.8, 4) is 0 Å². The Morgan fingerprint density at radius 3 is 3.19 bits per heavy atom. The van der Waals surface area contributed by atoms with Crippen molar-refractivity contribution in [1.29, 1.82) is 0 Å². The third-order valence-electron chi connectivity index (χ3n) is 2.93. The highest BCUT2D eigenvalue weighted by molar-refractivity contribution is 5.90. The summed E-state index contributed by atoms with van der Waals surface area (Å²) in [5.41, 5.74) is 5.32. The molecule has 2 rings (SSSR count). The highest BCUT2D eigenvalue weighted by atomic mass is 16.5. The normalized spacial score (nSPS) is 22.2. The second-order valence-corrected chi connectivity index (χ2v) is 4.53. The van der Waals surface area contributed by atoms with E-state index in [0.29, 0.717) is 12.3 Å². The molecule has 0 saturated carbocycles. The Balaban J connectivity index is 1.95. The second-order valence-electron chi connectivity index (χ2n) is 4.53. The fraction of sp³-hybridized carbons (Fsp3) is 0.636. The highest BCUT2D eigenvalue weighted by Gasteiger charge is 2.18. The van der Waals surface area contributed by atoms with Crippen LogP contribution in [0.25, 0.3) is 0 Å². The van der Waals surface area contributed by atoms with Crippen LogP contribution in [-0.4, -0.2) is 29.1 Å². The Labute approximate surface area is 94.6 Å². The van der Waals surface area contributed by atoms with Crippen molar-refractivity contribution in [1.82, 2.24) is 10.1 Å². The smallest absolute Gasteiger partial charge is 0.270 e. The zero-order chi connectivity index (χ0) is 11.5. The number of likely N-dealkylation sites (tertiary alicyclic amines) is 1. The van der Waals surface area contributed by atoms with Crippen LogP contribution in [0.3, 0.4) is 0 Å². The van der Waals surface area contributed by atoms with Gasteiger partial charge in [-0.15, -0.1) is 0 Å². The SMILES string of the molecule is C[C@@H]1CCCN(Cc2cc(C(N)=O)no2)C1. The van der Waals surface area contributed by atoms with Crippen molar-refractivity contribution >= 4 is 5.91 Å². The lowest BCUT2D eigenvalue weighted by molar-refractivity contribution is 0.0991. The number of rotatable bonds is 3. The zero-order valence-electron chi connectivity index (χ0n) is 9.48. The molecule has 1 fully saturated rings. The highest BCUT2D eigenvalue weighted by Crippen LogP contribution is 2.17. The molecule has 88 valence electrons. The van der Waals surface area contributed by atoms with Crippen LogP contribution in [0.2, 0.25) is 0 Å². The summed E-state index contributed by atoms with van der Waals surface area (Å²) in [4.78, 5) is 13.2. The summed E-state index contributed by atoms with van der Waals surface area (Å²) in [6.45, 7) is 5.12. The van der Waals surface area contributed by atoms with Gasteiger partial charge in [-0.05, 0) is 25.3 Å². The van der Waals surface area contributed by atoms with Gasteiger partial charge in [0.25, 0.3) is 5.91 Å². The van der Waals surface area contributed by atoms with E-state index in [1.807, 2.05) is 0 Å². The molecule has 1 aromatic heterocycles. The average Bonchev–Trinajstić information content (AvgIpc) is 2.66. The van der Waals surface area contributed by atoms with Gasteiger partial charge in [0.1, 0.15) is 0 Å². The minimum Gasteiger partial charge on any atom is -0.364 e. The molecule has 1 aromatic rings. The molecule has 0 aliphatic carbocycles. The third-order valence-corrected chi connectivity index (χ3v) is 2.93. The fourth-order valence-electron chi connectivity index (χ4n) is 2.15. The van der Waals surface area contributed by atoms with Crippen molar-refractivity contribution in [3.63, 3.8) is 0 Å². The lowest BCUT2D eigenvalue weighted by Crippen LogP contribution is -2.33. The Bertz CT molecular complexity index is 375. The summed E-state index contributed by atoms with van der Waals surface area (Å²) in [5, 5.41) is 3.62. The number of nitrogens with zero attached hydrogens (tertiary/aromatic N) is 2. The summed E-state index contributed by atoms with van der Waals surface area (Å²) >= 11 is 0. The molecule has 1 aliphatic heterocycles. The molecule has 1 atom stereocenters. The van der Waals surface area contributed by atoms with Crippen LogP contribution < -0.4 is 5.73 Å². The Hall–Kier alpha value is -1.36. The topological polar surface area (TPSA) is 72.4 Å². The lowest BCUT2D eigenvalue weighted by Gasteiger charge is -2.29. The third kappa shape index (κ3) is 2.61. The van der Waals surface area contributed by atoms with Crippen LogP contribution in [0.5, 0.6) is 0 Å². The number of hydrogen-bond acceptors (Lipinski definition) is 4. The van der Waals surface area contributed by atoms with E-state index in [1.54, 1.807) is 6.07 Å². The number of amides is 1. The van der Waals surface area contributed by atoms with Crippen molar-refractivity contribution in [2.24, 2.45) is 11.7 Å². The monoisotopic (exact) mass is 223 g/mol. The van der Waals surface area contributed by atoms with E-state index in [-0.39, 0.29) is 5.69 Å². The second kappa shape index (κ2) is 4.65. The molecule has 1 aliphatic rings. The van der Waals surface area contributed by atoms with Crippen molar-refractivity contribution in [3.05, 3.63) is 17.5 Å². The van der Waals surface area contributed by atoms with Crippen LogP contribution in [-0.2, 0) is 6.54 Å². The molecule has 0 unspecified atom stereocenters. The van der Waals surface area contributed by atoms with Gasteiger partial charge in [-0.1, -0.05) is 12.1 Å². The van der Waals surface area contributed by atoms with E-state index in [9.17, 15) is 4.79 Å². The minimum absolute atomic E-state index is 0.208. The number of nitrogens with two attached hydrogens (primary N) is 1. The van der Waals surface area contributed by atoms with Crippen molar-refractivity contribution in [2.75, 3.05) is 13.1 Å². The van der Waals surface area contributed by atoms with E-state index < -0.39 is 5.91 Å². The number of carbonyl (C=O) groups is 1. The fourth-order valence-corrected chi connectivity index (χ4v) is 2.15. The molecule has 5 nitrogen and oxygen atoms in total. The molecule has 16 heavy (non-hydrogen) atoms. The predicted octanol–water partition coefficient (Wildman–Crippen LogP) is 1.01. The number of primary amides is 1. The van der Waals surface area contributed by atoms with Gasteiger partial charge in [-0.25, -0.2) is 0 Å². The number of piperidine rings is 1. The van der Waals surface area contributed by atoms with E-state index in [2.05, 4.69) is 17.0 Å². The summed E-state index contributed by atoms with van der Waals surface area (Å²) in [6.07, 6.45) is 2.51. The molecular weight excluding hydrogens is 206 g/mol. The number of hydrogen-bond donors (Lipinski definition) is 1. The van der Waals surface area contributed by atoms with Gasteiger partial charge in [0.05, 0.1) is 6.54 Å². The zero-order valence-corrected chi connectivity index (χ0v) is 9.48. The quantitative estimate of drug-likeness (QED) is 0.829. The van der Waals surface area contributed by atoms with Gasteiger partial charge >= 0.3 is 0 Å². The first-order valence-electron chi connectivity index (χ1n) is 5.63. The molecule has 2 N–H and O–H groups in total. The molecule has 0 spiro atoms. The van der Waals surface area contributed by atoms with Gasteiger partial charge in [0.15, 0.2) is 11.5 Å². The Kier molecular flexibility index (Phi) is 3.24. The van der Waals surface area contributed by atoms with Crippen LogP contribution in [0.1, 0.15) is 36.0 Å². The van der Waals surface area contributed by atoms with E-state index in [1.165, 1.54) is 12.8 Å². The molecule has 1 saturated heterocycles. The van der Waals surface area contributed by atoms with Crippen LogP contribution >= 0.6 is 0 Å². The molecule has 0 radical (unpaired) electrons. The lowest BCUT2D eigenvalue weighted by atomic mass is 10.0. The number of carbonyl (C=O) groups excluding carboxylic acids is 1. The minimum atomic E-state index is -0.540. The summed E-state index contributed by atoms with van der Waals surface area (Å²) < 4.78 is 5.07. The largest absolute Gasteiger partial charge is 0.364 e. The first kappa shape index (κ1) is 11.1. The standard InChI is InChI=1S/C11H17N3O2/c1-8-3-2-4-14(6-8)7-9-5-10(11(12)15)13-16-9/h5,8H,2-4,6-7H2,1H3,(H2,12,15)/t8-/m1/s1. The molecule has 0 bridgehead atoms. The van der Waals surface area contributed by atoms with E-state index in [0.717, 1.165) is 19.0 Å². The van der Waals surface area contributed by atoms with Gasteiger partial charge in [-0.3, -0.25) is 9.69 Å². The number of aromatic nitrogens is 1. The molecule has 5 heteroatoms. The van der Waals surface area contributed by atoms with Crippen LogP contribution in [0, 0.1) is 5.92 Å². The Morgan fingerprint density at radius 1 is 1.75 bits per heavy atom. The summed E-state index contributed by atoms with van der Waals surface area (Å²) in [7, 11) is 0. The van der Waals surface area contributed by atoms with Crippen molar-refractivity contribution < 1.29 is 9.32 Å². The maximum Gasteiger partial charge on any atom is 0.270 e. The first-order chi connectivity index (χ1) is 7.65. The maximum atomic E-state index is 10.8. The molecular formula is C11H17N3O2.